The first-order chi connectivity index (χ1) is 13.1. The van der Waals surface area contributed by atoms with Gasteiger partial charge >= 0.3 is 0 Å². The summed E-state index contributed by atoms with van der Waals surface area (Å²) >= 11 is 0. The minimum absolute atomic E-state index is 0.0466. The third-order valence-electron chi connectivity index (χ3n) is 4.19. The number of hydrogen-bond acceptors (Lipinski definition) is 6. The lowest BCUT2D eigenvalue weighted by Crippen LogP contribution is -2.30. The predicted octanol–water partition coefficient (Wildman–Crippen LogP) is 2.72. The molecule has 6 nitrogen and oxygen atoms in total. The van der Waals surface area contributed by atoms with E-state index in [1.54, 1.807) is 43.0 Å². The first-order valence-corrected chi connectivity index (χ1v) is 8.35. The number of nitrogen functional groups attached to an aromatic ring is 1. The Hall–Kier alpha value is -3.42. The van der Waals surface area contributed by atoms with Crippen LogP contribution in [0.2, 0.25) is 0 Å². The Bertz CT molecular complexity index is 878. The molecular weight excluding hydrogens is 350 g/mol. The number of nitrogens with one attached hydrogen (secondary N) is 2. The van der Waals surface area contributed by atoms with E-state index in [1.165, 1.54) is 6.20 Å². The topological polar surface area (TPSA) is 101 Å². The Kier molecular flexibility index (Phi) is 5.65. The molecule has 1 aromatic carbocycles. The zero-order valence-electron chi connectivity index (χ0n) is 14.4. The minimum atomic E-state index is -1.74. The molecule has 8 heteroatoms. The summed E-state index contributed by atoms with van der Waals surface area (Å²) in [6.07, 6.45) is 7.27. The second-order valence-corrected chi connectivity index (χ2v) is 5.97. The van der Waals surface area contributed by atoms with Gasteiger partial charge in [-0.05, 0) is 42.5 Å². The van der Waals surface area contributed by atoms with Crippen molar-refractivity contribution in [1.82, 2.24) is 10.6 Å². The van der Waals surface area contributed by atoms with Gasteiger partial charge in [0.15, 0.2) is 0 Å². The van der Waals surface area contributed by atoms with Gasteiger partial charge in [0.05, 0.1) is 18.1 Å². The van der Waals surface area contributed by atoms with Gasteiger partial charge in [0.1, 0.15) is 6.17 Å². The largest absolute Gasteiger partial charge is 0.404 e. The van der Waals surface area contributed by atoms with E-state index < -0.39 is 12.1 Å². The van der Waals surface area contributed by atoms with E-state index >= 15 is 0 Å². The third kappa shape index (κ3) is 4.41. The van der Waals surface area contributed by atoms with Gasteiger partial charge in [-0.15, -0.1) is 0 Å². The smallest absolute Gasteiger partial charge is 0.266 e. The zero-order chi connectivity index (χ0) is 19.2. The van der Waals surface area contributed by atoms with Gasteiger partial charge in [-0.3, -0.25) is 4.99 Å². The van der Waals surface area contributed by atoms with Crippen molar-refractivity contribution < 1.29 is 8.78 Å². The quantitative estimate of drug-likeness (QED) is 0.457. The lowest BCUT2D eigenvalue weighted by molar-refractivity contribution is 0.415. The molecule has 0 bridgehead atoms. The van der Waals surface area contributed by atoms with E-state index in [0.29, 0.717) is 11.3 Å². The second-order valence-electron chi connectivity index (χ2n) is 5.97. The highest BCUT2D eigenvalue weighted by Crippen LogP contribution is 2.26. The number of nitrogens with two attached hydrogens (primary N) is 2. The van der Waals surface area contributed by atoms with Crippen molar-refractivity contribution in [3.8, 4) is 0 Å². The van der Waals surface area contributed by atoms with Gasteiger partial charge in [0, 0.05) is 29.2 Å². The summed E-state index contributed by atoms with van der Waals surface area (Å²) in [7, 11) is 0. The number of aliphatic imine (C=N–C) groups is 2. The summed E-state index contributed by atoms with van der Waals surface area (Å²) in [6, 6.07) is 6.52. The molecule has 3 rings (SSSR count). The van der Waals surface area contributed by atoms with Crippen LogP contribution in [0.15, 0.2) is 81.7 Å². The number of hydrogen-bond donors (Lipinski definition) is 4. The number of rotatable bonds is 6. The van der Waals surface area contributed by atoms with Gasteiger partial charge in [0.25, 0.3) is 6.08 Å². The summed E-state index contributed by atoms with van der Waals surface area (Å²) in [5.74, 6) is 0. The molecule has 2 atom stereocenters. The van der Waals surface area contributed by atoms with Crippen LogP contribution in [0.3, 0.4) is 0 Å². The molecule has 0 saturated carbocycles. The molecule has 2 aliphatic heterocycles. The van der Waals surface area contributed by atoms with E-state index in [1.807, 2.05) is 6.08 Å². The zero-order valence-corrected chi connectivity index (χ0v) is 14.4. The highest BCUT2D eigenvalue weighted by Gasteiger charge is 2.22. The van der Waals surface area contributed by atoms with Crippen molar-refractivity contribution in [2.45, 2.75) is 18.6 Å². The number of nitrogens with zero attached hydrogens (tertiary/aromatic N) is 2. The highest BCUT2D eigenvalue weighted by molar-refractivity contribution is 5.87. The maximum atomic E-state index is 12.6. The summed E-state index contributed by atoms with van der Waals surface area (Å²) in [5, 5.41) is 6.17. The molecule has 0 aromatic heterocycles. The summed E-state index contributed by atoms with van der Waals surface area (Å²) in [6.45, 7) is 0. The molecule has 140 valence electrons. The van der Waals surface area contributed by atoms with Crippen molar-refractivity contribution in [3.63, 3.8) is 0 Å². The number of allylic oxidation sites excluding steroid dienone is 1. The molecule has 6 N–H and O–H groups in total. The monoisotopic (exact) mass is 370 g/mol. The summed E-state index contributed by atoms with van der Waals surface area (Å²) < 4.78 is 25.2. The maximum absolute atomic E-state index is 12.6. The van der Waals surface area contributed by atoms with Gasteiger partial charge in [0.2, 0.25) is 0 Å². The average Bonchev–Trinajstić information content (AvgIpc) is 3.13. The standard InChI is InChI=1S/C19H20F2N6/c20-17(21)5-4-16(12-2-1-3-14(23)8-12)25-10-13(9-22)18-15-6-7-24-19(15)27-11-26-18/h1-3,5-11,16,19,24H,4,22-23H2,(H,26,27). The normalized spacial score (nSPS) is 19.6. The number of halogens is 2. The minimum Gasteiger partial charge on any atom is -0.404 e. The molecule has 0 aliphatic carbocycles. The first kappa shape index (κ1) is 18.4. The van der Waals surface area contributed by atoms with Gasteiger partial charge in [-0.25, -0.2) is 4.99 Å². The fourth-order valence-electron chi connectivity index (χ4n) is 2.87. The van der Waals surface area contributed by atoms with Crippen molar-refractivity contribution >= 4 is 18.2 Å². The van der Waals surface area contributed by atoms with E-state index in [4.69, 9.17) is 11.5 Å². The fraction of sp³-hybridized carbons (Fsp3) is 0.158. The number of fused-ring (bicyclic) bond motifs is 1. The van der Waals surface area contributed by atoms with Crippen LogP contribution < -0.4 is 22.1 Å². The van der Waals surface area contributed by atoms with Crippen LogP contribution in [0.1, 0.15) is 18.0 Å². The first-order valence-electron chi connectivity index (χ1n) is 8.35. The Morgan fingerprint density at radius 2 is 2.22 bits per heavy atom. The Balaban J connectivity index is 1.88. The van der Waals surface area contributed by atoms with Gasteiger partial charge in [-0.1, -0.05) is 12.1 Å². The molecule has 1 aromatic rings. The Labute approximate surface area is 155 Å². The van der Waals surface area contributed by atoms with E-state index in [0.717, 1.165) is 22.9 Å². The molecule has 0 radical (unpaired) electrons. The predicted molar refractivity (Wildman–Crippen MR) is 104 cm³/mol. The second kappa shape index (κ2) is 8.31. The van der Waals surface area contributed by atoms with Crippen LogP contribution in [0.5, 0.6) is 0 Å². The van der Waals surface area contributed by atoms with E-state index in [-0.39, 0.29) is 12.6 Å². The Morgan fingerprint density at radius 1 is 1.37 bits per heavy atom. The van der Waals surface area contributed by atoms with Crippen LogP contribution in [-0.2, 0) is 0 Å². The third-order valence-corrected chi connectivity index (χ3v) is 4.19. The lowest BCUT2D eigenvalue weighted by atomic mass is 10.0. The molecule has 2 aliphatic rings. The van der Waals surface area contributed by atoms with Crippen LogP contribution in [0.4, 0.5) is 14.5 Å². The molecule has 2 heterocycles. The Morgan fingerprint density at radius 3 is 2.96 bits per heavy atom. The van der Waals surface area contributed by atoms with Crippen molar-refractivity contribution in [1.29, 1.82) is 0 Å². The van der Waals surface area contributed by atoms with Crippen molar-refractivity contribution in [2.75, 3.05) is 5.73 Å². The number of anilines is 1. The van der Waals surface area contributed by atoms with Gasteiger partial charge in [-0.2, -0.15) is 8.78 Å². The van der Waals surface area contributed by atoms with Crippen LogP contribution in [0.25, 0.3) is 0 Å². The molecule has 0 saturated heterocycles. The van der Waals surface area contributed by atoms with Crippen LogP contribution in [0, 0.1) is 0 Å². The van der Waals surface area contributed by atoms with Crippen molar-refractivity contribution in [3.05, 3.63) is 77.3 Å². The van der Waals surface area contributed by atoms with Crippen LogP contribution >= 0.6 is 0 Å². The van der Waals surface area contributed by atoms with Crippen molar-refractivity contribution in [2.24, 2.45) is 15.7 Å². The highest BCUT2D eigenvalue weighted by atomic mass is 19.3. The summed E-state index contributed by atoms with van der Waals surface area (Å²) in [5.41, 5.74) is 15.2. The molecule has 27 heavy (non-hydrogen) atoms. The molecular formula is C19H20F2N6. The van der Waals surface area contributed by atoms with E-state index in [2.05, 4.69) is 20.6 Å². The lowest BCUT2D eigenvalue weighted by Gasteiger charge is -2.20. The molecule has 0 fully saturated rings. The van der Waals surface area contributed by atoms with Crippen LogP contribution in [-0.4, -0.2) is 18.7 Å². The SMILES string of the molecule is NC=C(C=NC(CC=C(F)F)c1cccc(N)c1)C1=C2C=CNC2N=CN1. The maximum Gasteiger partial charge on any atom is 0.266 e. The molecule has 0 spiro atoms. The molecule has 0 amide bonds. The average molecular weight is 370 g/mol. The van der Waals surface area contributed by atoms with Gasteiger partial charge < -0.3 is 22.1 Å². The van der Waals surface area contributed by atoms with E-state index in [9.17, 15) is 8.78 Å². The summed E-state index contributed by atoms with van der Waals surface area (Å²) in [4.78, 5) is 8.77. The number of benzene rings is 1. The molecule has 2 unspecified atom stereocenters. The fourth-order valence-corrected chi connectivity index (χ4v) is 2.87.